The first-order valence-corrected chi connectivity index (χ1v) is 11.5. The van der Waals surface area contributed by atoms with Crippen LogP contribution in [0.15, 0.2) is 103 Å². The van der Waals surface area contributed by atoms with E-state index in [-0.39, 0.29) is 0 Å². The highest BCUT2D eigenvalue weighted by molar-refractivity contribution is 5.93. The molecule has 178 valence electrons. The molecule has 35 heavy (non-hydrogen) atoms. The maximum absolute atomic E-state index is 11.6. The van der Waals surface area contributed by atoms with Gasteiger partial charge in [0.05, 0.1) is 0 Å². The molecule has 0 heterocycles. The topological polar surface area (TPSA) is 79.8 Å². The number of carbonyl (C=O) groups excluding carboxylic acids is 1. The van der Waals surface area contributed by atoms with Crippen LogP contribution in [0.3, 0.4) is 0 Å². The Hall–Kier alpha value is -4.13. The van der Waals surface area contributed by atoms with Crippen molar-refractivity contribution < 1.29 is 19.5 Å². The molecule has 6 nitrogen and oxygen atoms in total. The first kappa shape index (κ1) is 24.0. The predicted octanol–water partition coefficient (Wildman–Crippen LogP) is 5.09. The molecule has 0 aliphatic carbocycles. The third-order valence-electron chi connectivity index (χ3n) is 5.45. The van der Waals surface area contributed by atoms with Gasteiger partial charge in [0.15, 0.2) is 0 Å². The van der Waals surface area contributed by atoms with E-state index in [1.807, 2.05) is 72.8 Å². The second-order valence-corrected chi connectivity index (χ2v) is 7.97. The van der Waals surface area contributed by atoms with Gasteiger partial charge < -0.3 is 14.8 Å². The smallest absolute Gasteiger partial charge is 0.274 e. The lowest BCUT2D eigenvalue weighted by Gasteiger charge is -2.14. The monoisotopic (exact) mass is 468 g/mol. The normalized spacial score (nSPS) is 11.3. The molecule has 0 unspecified atom stereocenters. The van der Waals surface area contributed by atoms with Crippen LogP contribution < -0.4 is 20.3 Å². The number of fused-ring (bicyclic) bond motifs is 1. The summed E-state index contributed by atoms with van der Waals surface area (Å²) in [5.74, 6) is 1.13. The lowest BCUT2D eigenvalue weighted by atomic mass is 10.1. The summed E-state index contributed by atoms with van der Waals surface area (Å²) >= 11 is 0. The Labute approximate surface area is 204 Å². The van der Waals surface area contributed by atoms with Crippen molar-refractivity contribution in [1.82, 2.24) is 10.8 Å². The third kappa shape index (κ3) is 6.93. The van der Waals surface area contributed by atoms with Gasteiger partial charge in [-0.1, -0.05) is 72.8 Å². The minimum atomic E-state index is -0.542. The minimum absolute atomic E-state index is 0.384. The van der Waals surface area contributed by atoms with Crippen LogP contribution in [0.5, 0.6) is 11.5 Å². The van der Waals surface area contributed by atoms with Crippen molar-refractivity contribution in [3.63, 3.8) is 0 Å². The van der Waals surface area contributed by atoms with Gasteiger partial charge in [0.1, 0.15) is 24.7 Å². The van der Waals surface area contributed by atoms with E-state index < -0.39 is 5.91 Å². The highest BCUT2D eigenvalue weighted by Crippen LogP contribution is 2.25. The van der Waals surface area contributed by atoms with Gasteiger partial charge in [-0.3, -0.25) is 10.0 Å². The molecule has 6 heteroatoms. The third-order valence-corrected chi connectivity index (χ3v) is 5.45. The molecule has 4 aromatic carbocycles. The standard InChI is InChI=1S/C29H28N2O4/c32-29(31-33)25-15-13-22(14-16-25)19-23(20-30-17-18-34-26-9-2-1-3-10-26)21-35-28-12-6-8-24-7-4-5-11-27(24)28/h1-16,19,30,33H,17-18,20-21H2,(H,31,32)/b23-19+. The summed E-state index contributed by atoms with van der Waals surface area (Å²) in [6, 6.07) is 30.9. The van der Waals surface area contributed by atoms with Gasteiger partial charge >= 0.3 is 0 Å². The number of amides is 1. The van der Waals surface area contributed by atoms with E-state index >= 15 is 0 Å². The number of nitrogens with one attached hydrogen (secondary N) is 2. The number of ether oxygens (including phenoxy) is 2. The Balaban J connectivity index is 1.43. The molecule has 0 spiro atoms. The summed E-state index contributed by atoms with van der Waals surface area (Å²) in [6.45, 7) is 2.24. The van der Waals surface area contributed by atoms with E-state index in [1.165, 1.54) is 0 Å². The summed E-state index contributed by atoms with van der Waals surface area (Å²) in [7, 11) is 0. The molecule has 0 bridgehead atoms. The van der Waals surface area contributed by atoms with Gasteiger partial charge in [0, 0.05) is 24.0 Å². The van der Waals surface area contributed by atoms with E-state index in [4.69, 9.17) is 14.7 Å². The maximum Gasteiger partial charge on any atom is 0.274 e. The molecule has 0 aromatic heterocycles. The minimum Gasteiger partial charge on any atom is -0.492 e. The summed E-state index contributed by atoms with van der Waals surface area (Å²) < 4.78 is 12.0. The summed E-state index contributed by atoms with van der Waals surface area (Å²) in [5, 5.41) is 14.4. The molecule has 4 rings (SSSR count). The van der Waals surface area contributed by atoms with E-state index in [9.17, 15) is 4.79 Å². The van der Waals surface area contributed by atoms with Crippen LogP contribution >= 0.6 is 0 Å². The van der Waals surface area contributed by atoms with Crippen molar-refractivity contribution in [3.05, 3.63) is 114 Å². The molecule has 0 saturated carbocycles. The lowest BCUT2D eigenvalue weighted by Crippen LogP contribution is -2.25. The number of hydroxylamine groups is 1. The van der Waals surface area contributed by atoms with E-state index in [0.717, 1.165) is 33.4 Å². The van der Waals surface area contributed by atoms with Gasteiger partial charge in [-0.2, -0.15) is 0 Å². The van der Waals surface area contributed by atoms with E-state index in [1.54, 1.807) is 17.6 Å². The highest BCUT2D eigenvalue weighted by Gasteiger charge is 2.06. The number of rotatable bonds is 11. The summed E-state index contributed by atoms with van der Waals surface area (Å²) in [6.07, 6.45) is 2.04. The molecule has 4 aromatic rings. The zero-order valence-corrected chi connectivity index (χ0v) is 19.3. The van der Waals surface area contributed by atoms with Crippen molar-refractivity contribution in [1.29, 1.82) is 0 Å². The number of para-hydroxylation sites is 1. The second kappa shape index (κ2) is 12.4. The Morgan fingerprint density at radius 3 is 2.37 bits per heavy atom. The van der Waals surface area contributed by atoms with Crippen LogP contribution in [0.25, 0.3) is 16.8 Å². The fourth-order valence-corrected chi connectivity index (χ4v) is 3.67. The van der Waals surface area contributed by atoms with Crippen molar-refractivity contribution in [2.45, 2.75) is 0 Å². The number of hydrogen-bond acceptors (Lipinski definition) is 5. The Morgan fingerprint density at radius 1 is 0.829 bits per heavy atom. The van der Waals surface area contributed by atoms with Crippen molar-refractivity contribution in [3.8, 4) is 11.5 Å². The maximum atomic E-state index is 11.6. The molecule has 0 aliphatic heterocycles. The van der Waals surface area contributed by atoms with Crippen molar-refractivity contribution in [2.24, 2.45) is 0 Å². The van der Waals surface area contributed by atoms with Crippen LogP contribution in [0, 0.1) is 0 Å². The van der Waals surface area contributed by atoms with Gasteiger partial charge in [-0.25, -0.2) is 5.48 Å². The first-order valence-electron chi connectivity index (χ1n) is 11.5. The van der Waals surface area contributed by atoms with Crippen LogP contribution in [0.4, 0.5) is 0 Å². The number of carbonyl (C=O) groups is 1. The zero-order chi connectivity index (χ0) is 24.3. The van der Waals surface area contributed by atoms with Crippen LogP contribution in [-0.2, 0) is 0 Å². The fourth-order valence-electron chi connectivity index (χ4n) is 3.67. The Morgan fingerprint density at radius 2 is 1.57 bits per heavy atom. The first-order chi connectivity index (χ1) is 17.2. The molecule has 0 saturated heterocycles. The van der Waals surface area contributed by atoms with E-state index in [2.05, 4.69) is 23.5 Å². The largest absolute Gasteiger partial charge is 0.492 e. The second-order valence-electron chi connectivity index (χ2n) is 7.97. The molecular formula is C29H28N2O4. The van der Waals surface area contributed by atoms with Gasteiger partial charge in [-0.05, 0) is 46.9 Å². The molecule has 0 fully saturated rings. The summed E-state index contributed by atoms with van der Waals surface area (Å²) in [5.41, 5.74) is 4.00. The summed E-state index contributed by atoms with van der Waals surface area (Å²) in [4.78, 5) is 11.6. The predicted molar refractivity (Wildman–Crippen MR) is 138 cm³/mol. The van der Waals surface area contributed by atoms with Crippen LogP contribution in [0.1, 0.15) is 15.9 Å². The SMILES string of the molecule is O=C(NO)c1ccc(/C=C(\CNCCOc2ccccc2)COc2cccc3ccccc23)cc1. The quantitative estimate of drug-likeness (QED) is 0.162. The van der Waals surface area contributed by atoms with Gasteiger partial charge in [0.2, 0.25) is 0 Å². The highest BCUT2D eigenvalue weighted by atomic mass is 16.5. The zero-order valence-electron chi connectivity index (χ0n) is 19.3. The van der Waals surface area contributed by atoms with Gasteiger partial charge in [-0.15, -0.1) is 0 Å². The average molecular weight is 469 g/mol. The molecule has 0 atom stereocenters. The molecule has 0 radical (unpaired) electrons. The molecule has 3 N–H and O–H groups in total. The molecule has 1 amide bonds. The fraction of sp³-hybridized carbons (Fsp3) is 0.138. The molecule has 0 aliphatic rings. The number of benzene rings is 4. The van der Waals surface area contributed by atoms with E-state index in [0.29, 0.717) is 31.9 Å². The Bertz CT molecular complexity index is 1270. The van der Waals surface area contributed by atoms with Crippen molar-refractivity contribution >= 4 is 22.8 Å². The Kier molecular flexibility index (Phi) is 8.48. The van der Waals surface area contributed by atoms with Crippen LogP contribution in [0.2, 0.25) is 0 Å². The number of hydrogen-bond donors (Lipinski definition) is 3. The molecular weight excluding hydrogens is 440 g/mol. The van der Waals surface area contributed by atoms with Crippen molar-refractivity contribution in [2.75, 3.05) is 26.3 Å². The van der Waals surface area contributed by atoms with Crippen LogP contribution in [-0.4, -0.2) is 37.4 Å². The average Bonchev–Trinajstić information content (AvgIpc) is 2.92. The lowest BCUT2D eigenvalue weighted by molar-refractivity contribution is 0.0706. The van der Waals surface area contributed by atoms with Gasteiger partial charge in [0.25, 0.3) is 5.91 Å².